The summed E-state index contributed by atoms with van der Waals surface area (Å²) in [5.41, 5.74) is 4.85. The number of para-hydroxylation sites is 2. The number of hydrogen-bond donors (Lipinski definition) is 1. The van der Waals surface area contributed by atoms with Gasteiger partial charge in [0.25, 0.3) is 5.79 Å². The average molecular weight is 691 g/mol. The van der Waals surface area contributed by atoms with Gasteiger partial charge in [-0.25, -0.2) is 0 Å². The molecule has 0 spiro atoms. The first-order valence-corrected chi connectivity index (χ1v) is 16.7. The maximum Gasteiger partial charge on any atom is 0.270 e. The van der Waals surface area contributed by atoms with Crippen LogP contribution in [0, 0.1) is 0 Å². The van der Waals surface area contributed by atoms with Gasteiger partial charge in [-0.15, -0.1) is 12.4 Å². The van der Waals surface area contributed by atoms with E-state index in [-0.39, 0.29) is 19.0 Å². The van der Waals surface area contributed by atoms with Crippen LogP contribution in [0.5, 0.6) is 28.7 Å². The quantitative estimate of drug-likeness (QED) is 0.197. The number of methoxy groups -OCH3 is 3. The van der Waals surface area contributed by atoms with E-state index in [0.29, 0.717) is 45.9 Å². The summed E-state index contributed by atoms with van der Waals surface area (Å²) in [7, 11) is 4.71. The second-order valence-corrected chi connectivity index (χ2v) is 12.6. The molecule has 3 aliphatic rings. The summed E-state index contributed by atoms with van der Waals surface area (Å²) >= 11 is 1.88. The van der Waals surface area contributed by atoms with E-state index in [4.69, 9.17) is 23.7 Å². The van der Waals surface area contributed by atoms with Crippen molar-refractivity contribution in [2.24, 2.45) is 0 Å². The highest BCUT2D eigenvalue weighted by Crippen LogP contribution is 2.50. The molecule has 4 aromatic rings. The maximum atomic E-state index is 11.0. The Balaban J connectivity index is 0.000000186. The Hall–Kier alpha value is -4.02. The van der Waals surface area contributed by atoms with Gasteiger partial charge >= 0.3 is 0 Å². The molecule has 0 aliphatic carbocycles. The third-order valence-electron chi connectivity index (χ3n) is 8.83. The van der Waals surface area contributed by atoms with Crippen molar-refractivity contribution in [3.63, 3.8) is 0 Å². The van der Waals surface area contributed by atoms with Crippen LogP contribution in [0.25, 0.3) is 11.6 Å². The van der Waals surface area contributed by atoms with Gasteiger partial charge in [0.05, 0.1) is 32.7 Å². The molecule has 0 saturated carbocycles. The summed E-state index contributed by atoms with van der Waals surface area (Å²) < 4.78 is 27.5. The van der Waals surface area contributed by atoms with Crippen LogP contribution < -0.4 is 28.6 Å². The molecule has 0 saturated heterocycles. The van der Waals surface area contributed by atoms with E-state index in [1.807, 2.05) is 30.0 Å². The number of aliphatic hydroxyl groups is 1. The Kier molecular flexibility index (Phi) is 11.1. The van der Waals surface area contributed by atoms with Gasteiger partial charge in [-0.2, -0.15) is 0 Å². The van der Waals surface area contributed by atoms with Crippen LogP contribution in [0.2, 0.25) is 0 Å². The molecule has 0 radical (unpaired) electrons. The fraction of sp³-hybridized carbons (Fsp3) is 0.316. The molecule has 0 fully saturated rings. The molecule has 2 unspecified atom stereocenters. The van der Waals surface area contributed by atoms with Crippen molar-refractivity contribution in [2.75, 3.05) is 52.5 Å². The summed E-state index contributed by atoms with van der Waals surface area (Å²) in [6, 6.07) is 27.0. The fourth-order valence-electron chi connectivity index (χ4n) is 6.32. The number of likely N-dealkylation sites (N-methyl/N-ethyl adjacent to an activating group) is 1. The number of benzene rings is 4. The van der Waals surface area contributed by atoms with Crippen molar-refractivity contribution in [3.05, 3.63) is 90.0 Å². The molecule has 0 bridgehead atoms. The van der Waals surface area contributed by atoms with Gasteiger partial charge < -0.3 is 33.7 Å². The van der Waals surface area contributed by atoms with Gasteiger partial charge in [0.1, 0.15) is 17.2 Å². The lowest BCUT2D eigenvalue weighted by Crippen LogP contribution is -2.47. The summed E-state index contributed by atoms with van der Waals surface area (Å²) in [5.74, 6) is 1.34. The van der Waals surface area contributed by atoms with Crippen molar-refractivity contribution in [1.29, 1.82) is 0 Å². The number of fused-ring (bicyclic) bond motifs is 6. The van der Waals surface area contributed by atoms with Crippen LogP contribution in [0.3, 0.4) is 0 Å². The summed E-state index contributed by atoms with van der Waals surface area (Å²) in [5, 5.41) is 11.0. The molecule has 10 heteroatoms. The van der Waals surface area contributed by atoms with Crippen LogP contribution in [0.1, 0.15) is 31.9 Å². The second-order valence-electron chi connectivity index (χ2n) is 11.6. The van der Waals surface area contributed by atoms with Crippen molar-refractivity contribution >= 4 is 47.2 Å². The normalized spacial score (nSPS) is 17.2. The van der Waals surface area contributed by atoms with E-state index in [2.05, 4.69) is 79.1 Å². The Morgan fingerprint density at radius 1 is 0.854 bits per heavy atom. The zero-order valence-electron chi connectivity index (χ0n) is 28.2. The standard InChI is InChI=1S/C19H24N2S.C19H18O6.ClH/c1-4-20(5-2)15(3)14-21-16-10-6-8-12-18(16)22-19-13-9-7-11-17(19)21;1-21-12-5-4-11-6-14-13-8-17(22-2)18(23-3)9-16(13)24-10-19(14,20)25-15(11)7-12;/h6-13,15H,4-5,14H2,1-3H3;4-9,20H,10H2,1-3H3;1H. The molecule has 3 heterocycles. The predicted octanol–water partition coefficient (Wildman–Crippen LogP) is 8.17. The Bertz CT molecular complexity index is 1730. The van der Waals surface area contributed by atoms with E-state index in [9.17, 15) is 5.11 Å². The van der Waals surface area contributed by atoms with Crippen LogP contribution in [-0.4, -0.2) is 69.4 Å². The molecule has 48 heavy (non-hydrogen) atoms. The smallest absolute Gasteiger partial charge is 0.270 e. The molecule has 3 aliphatic heterocycles. The summed E-state index contributed by atoms with van der Waals surface area (Å²) in [6.07, 6.45) is 1.89. The van der Waals surface area contributed by atoms with E-state index >= 15 is 0 Å². The monoisotopic (exact) mass is 690 g/mol. The minimum atomic E-state index is -1.58. The van der Waals surface area contributed by atoms with Gasteiger partial charge in [-0.1, -0.05) is 49.9 Å². The third kappa shape index (κ3) is 6.78. The molecule has 1 N–H and O–H groups in total. The highest BCUT2D eigenvalue weighted by atomic mass is 35.5. The number of anilines is 2. The van der Waals surface area contributed by atoms with E-state index < -0.39 is 5.79 Å². The van der Waals surface area contributed by atoms with Crippen molar-refractivity contribution in [2.45, 2.75) is 42.4 Å². The number of rotatable bonds is 8. The molecule has 0 amide bonds. The topological polar surface area (TPSA) is 72.9 Å². The highest BCUT2D eigenvalue weighted by molar-refractivity contribution is 7.99. The number of nitrogens with zero attached hydrogens (tertiary/aromatic N) is 2. The SMILES string of the molecule is CCN(CC)C(C)CN1c2ccccc2Sc2ccccc21.COc1ccc2c(c1)OC1(O)COc3cc(OC)c(OC)cc3C1=C2.Cl. The minimum Gasteiger partial charge on any atom is -0.497 e. The average Bonchev–Trinajstić information content (AvgIpc) is 3.10. The molecular formula is C38H43ClN2O6S. The Morgan fingerprint density at radius 2 is 1.48 bits per heavy atom. The lowest BCUT2D eigenvalue weighted by molar-refractivity contribution is -0.116. The van der Waals surface area contributed by atoms with Gasteiger partial charge in [0, 0.05) is 51.2 Å². The first-order valence-electron chi connectivity index (χ1n) is 15.9. The number of ether oxygens (including phenoxy) is 5. The third-order valence-corrected chi connectivity index (χ3v) is 9.96. The van der Waals surface area contributed by atoms with E-state index in [1.165, 1.54) is 21.2 Å². The van der Waals surface area contributed by atoms with Crippen LogP contribution in [-0.2, 0) is 0 Å². The first-order chi connectivity index (χ1) is 22.8. The molecule has 0 aromatic heterocycles. The van der Waals surface area contributed by atoms with Crippen molar-refractivity contribution in [1.82, 2.24) is 4.90 Å². The van der Waals surface area contributed by atoms with Crippen LogP contribution in [0.4, 0.5) is 11.4 Å². The minimum absolute atomic E-state index is 0. The van der Waals surface area contributed by atoms with Crippen LogP contribution in [0.15, 0.2) is 88.7 Å². The molecule has 2 atom stereocenters. The number of hydrogen-bond acceptors (Lipinski definition) is 9. The molecule has 7 rings (SSSR count). The molecule has 254 valence electrons. The predicted molar refractivity (Wildman–Crippen MR) is 195 cm³/mol. The Morgan fingerprint density at radius 3 is 2.08 bits per heavy atom. The van der Waals surface area contributed by atoms with E-state index in [0.717, 1.165) is 25.2 Å². The first kappa shape index (κ1) is 35.3. The maximum absolute atomic E-state index is 11.0. The molecule has 8 nitrogen and oxygen atoms in total. The van der Waals surface area contributed by atoms with E-state index in [1.54, 1.807) is 39.5 Å². The lowest BCUT2D eigenvalue weighted by atomic mass is 9.90. The van der Waals surface area contributed by atoms with Gasteiger partial charge in [-0.3, -0.25) is 4.90 Å². The van der Waals surface area contributed by atoms with Gasteiger partial charge in [0.2, 0.25) is 0 Å². The molecular weight excluding hydrogens is 648 g/mol. The zero-order valence-corrected chi connectivity index (χ0v) is 29.8. The zero-order chi connectivity index (χ0) is 33.1. The fourth-order valence-corrected chi connectivity index (χ4v) is 7.42. The Labute approximate surface area is 293 Å². The second kappa shape index (κ2) is 15.0. The van der Waals surface area contributed by atoms with Crippen molar-refractivity contribution in [3.8, 4) is 28.7 Å². The van der Waals surface area contributed by atoms with Crippen molar-refractivity contribution < 1.29 is 28.8 Å². The van der Waals surface area contributed by atoms with Gasteiger partial charge in [-0.05, 0) is 68.6 Å². The largest absolute Gasteiger partial charge is 0.497 e. The number of halogens is 1. The van der Waals surface area contributed by atoms with Gasteiger partial charge in [0.15, 0.2) is 18.1 Å². The highest BCUT2D eigenvalue weighted by Gasteiger charge is 2.44. The van der Waals surface area contributed by atoms with Crippen LogP contribution >= 0.6 is 24.2 Å². The lowest BCUT2D eigenvalue weighted by Gasteiger charge is -2.39. The summed E-state index contributed by atoms with van der Waals surface area (Å²) in [6.45, 7) is 10.0. The summed E-state index contributed by atoms with van der Waals surface area (Å²) in [4.78, 5) is 7.72. The molecule has 4 aromatic carbocycles.